The van der Waals surface area contributed by atoms with E-state index in [1.165, 1.54) is 18.2 Å². The fourth-order valence-corrected chi connectivity index (χ4v) is 4.68. The van der Waals surface area contributed by atoms with Crippen molar-refractivity contribution in [3.05, 3.63) is 89.4 Å². The van der Waals surface area contributed by atoms with Crippen molar-refractivity contribution < 1.29 is 28.9 Å². The first-order valence-electron chi connectivity index (χ1n) is 10.9. The average Bonchev–Trinajstić information content (AvgIpc) is 2.80. The topological polar surface area (TPSA) is 108 Å². The Morgan fingerprint density at radius 2 is 1.74 bits per heavy atom. The number of halogens is 1. The molecule has 2 aromatic carbocycles. The molecule has 3 atom stereocenters. The second-order valence-electron chi connectivity index (χ2n) is 8.60. The van der Waals surface area contributed by atoms with E-state index in [1.54, 1.807) is 26.0 Å². The highest BCUT2D eigenvalue weighted by molar-refractivity contribution is 7.42. The smallest absolute Gasteiger partial charge is 0.477 e. The van der Waals surface area contributed by atoms with Crippen LogP contribution >= 0.6 is 8.03 Å². The minimum atomic E-state index is -3.59. The molecule has 0 aliphatic carbocycles. The van der Waals surface area contributed by atoms with E-state index < -0.39 is 37.0 Å². The van der Waals surface area contributed by atoms with Gasteiger partial charge in [-0.1, -0.05) is 62.2 Å². The van der Waals surface area contributed by atoms with Crippen molar-refractivity contribution in [1.29, 1.82) is 0 Å². The zero-order chi connectivity index (χ0) is 25.8. The molecule has 180 valence electrons. The van der Waals surface area contributed by atoms with Crippen LogP contribution in [0.25, 0.3) is 11.3 Å². The van der Waals surface area contributed by atoms with Gasteiger partial charge >= 0.3 is 19.2 Å². The van der Waals surface area contributed by atoms with Crippen LogP contribution in [-0.4, -0.2) is 31.2 Å². The van der Waals surface area contributed by atoms with Crippen LogP contribution in [-0.2, 0) is 21.4 Å². The van der Waals surface area contributed by atoms with Crippen molar-refractivity contribution in [3.63, 3.8) is 0 Å². The highest BCUT2D eigenvalue weighted by Crippen LogP contribution is 2.50. The van der Waals surface area contributed by atoms with Gasteiger partial charge in [-0.2, -0.15) is 4.89 Å². The third kappa shape index (κ3) is 5.16. The summed E-state index contributed by atoms with van der Waals surface area (Å²) in [7, 11) is -3.59. The van der Waals surface area contributed by atoms with E-state index >= 15 is 0 Å². The van der Waals surface area contributed by atoms with Crippen molar-refractivity contribution in [3.8, 4) is 23.1 Å². The van der Waals surface area contributed by atoms with Crippen LogP contribution in [0.1, 0.15) is 30.7 Å². The van der Waals surface area contributed by atoms with Gasteiger partial charge in [0.05, 0.1) is 11.4 Å². The molecule has 0 fully saturated rings. The molecule has 0 radical (unpaired) electrons. The summed E-state index contributed by atoms with van der Waals surface area (Å²) < 4.78 is 26.3. The fraction of sp³-hybridized carbons (Fsp3) is 0.259. The molecular formula is C27H26FNO5P+. The zero-order valence-electron chi connectivity index (χ0n) is 19.6. The Bertz CT molecular complexity index is 1300. The number of aliphatic carboxylic acids is 1. The molecule has 0 saturated heterocycles. The maximum absolute atomic E-state index is 13.5. The van der Waals surface area contributed by atoms with Gasteiger partial charge in [0.2, 0.25) is 0 Å². The van der Waals surface area contributed by atoms with Crippen LogP contribution in [0.15, 0.2) is 66.7 Å². The second-order valence-corrected chi connectivity index (χ2v) is 9.82. The molecule has 6 nitrogen and oxygen atoms in total. The van der Waals surface area contributed by atoms with Crippen molar-refractivity contribution >= 4 is 14.0 Å². The molecule has 0 aliphatic rings. The minimum Gasteiger partial charge on any atom is -0.477 e. The first-order chi connectivity index (χ1) is 16.5. The van der Waals surface area contributed by atoms with Crippen LogP contribution in [0.2, 0.25) is 0 Å². The Balaban J connectivity index is 2.34. The molecule has 0 amide bonds. The van der Waals surface area contributed by atoms with Crippen LogP contribution in [0.5, 0.6) is 0 Å². The monoisotopic (exact) mass is 494 g/mol. The summed E-state index contributed by atoms with van der Waals surface area (Å²) in [6, 6.07) is 17.2. The summed E-state index contributed by atoms with van der Waals surface area (Å²) in [4.78, 5) is 27.6. The van der Waals surface area contributed by atoms with Gasteiger partial charge in [-0.15, -0.1) is 0 Å². The largest absolute Gasteiger partial charge is 0.541 e. The lowest BCUT2D eigenvalue weighted by Gasteiger charge is -2.33. The maximum Gasteiger partial charge on any atom is 0.541 e. The number of aromatic nitrogens is 1. The molecule has 3 aromatic rings. The van der Waals surface area contributed by atoms with Crippen LogP contribution in [0, 0.1) is 30.5 Å². The van der Waals surface area contributed by atoms with E-state index in [0.717, 1.165) is 23.3 Å². The Morgan fingerprint density at radius 1 is 1.09 bits per heavy atom. The van der Waals surface area contributed by atoms with Gasteiger partial charge in [-0.25, -0.2) is 14.2 Å². The molecular weight excluding hydrogens is 468 g/mol. The number of carboxylic acid groups (broad SMARTS) is 1. The number of aliphatic hydroxyl groups is 1. The van der Waals surface area contributed by atoms with Crippen molar-refractivity contribution in [2.24, 2.45) is 5.92 Å². The quantitative estimate of drug-likeness (QED) is 0.320. The number of carboxylic acids is 1. The Hall–Kier alpha value is -3.43. The Kier molecular flexibility index (Phi) is 7.82. The van der Waals surface area contributed by atoms with Crippen LogP contribution in [0.4, 0.5) is 4.39 Å². The van der Waals surface area contributed by atoms with Gasteiger partial charge in [0, 0.05) is 17.9 Å². The van der Waals surface area contributed by atoms with Gasteiger partial charge < -0.3 is 10.2 Å². The Labute approximate surface area is 204 Å². The molecule has 1 heterocycles. The normalized spacial score (nSPS) is 14.9. The summed E-state index contributed by atoms with van der Waals surface area (Å²) >= 11 is 0. The van der Waals surface area contributed by atoms with Crippen molar-refractivity contribution in [2.75, 3.05) is 0 Å². The van der Waals surface area contributed by atoms with E-state index in [0.29, 0.717) is 11.3 Å². The van der Waals surface area contributed by atoms with E-state index in [1.807, 2.05) is 31.2 Å². The predicted octanol–water partition coefficient (Wildman–Crippen LogP) is 4.84. The fourth-order valence-electron chi connectivity index (χ4n) is 3.85. The highest BCUT2D eigenvalue weighted by atomic mass is 31.1. The summed E-state index contributed by atoms with van der Waals surface area (Å²) in [5.41, 5.74) is -0.245. The van der Waals surface area contributed by atoms with E-state index in [2.05, 4.69) is 16.8 Å². The predicted molar refractivity (Wildman–Crippen MR) is 131 cm³/mol. The first kappa shape index (κ1) is 26.2. The molecule has 35 heavy (non-hydrogen) atoms. The minimum absolute atomic E-state index is 0.138. The number of nitrogens with zero attached hydrogens (tertiary/aromatic N) is 1. The molecule has 3 N–H and O–H groups in total. The van der Waals surface area contributed by atoms with Gasteiger partial charge in [0.1, 0.15) is 5.82 Å². The molecule has 0 saturated carbocycles. The summed E-state index contributed by atoms with van der Waals surface area (Å²) in [5, 5.41) is 19.6. The number of benzene rings is 2. The van der Waals surface area contributed by atoms with Crippen molar-refractivity contribution in [2.45, 2.75) is 37.9 Å². The van der Waals surface area contributed by atoms with E-state index in [-0.39, 0.29) is 11.6 Å². The molecule has 0 bridgehead atoms. The summed E-state index contributed by atoms with van der Waals surface area (Å²) in [5.74, 6) is 2.45. The number of hydrogen-bond acceptors (Lipinski definition) is 4. The first-order valence-corrected chi connectivity index (χ1v) is 12.1. The molecule has 3 unspecified atom stereocenters. The van der Waals surface area contributed by atoms with Gasteiger partial charge in [0.25, 0.3) is 0 Å². The molecule has 1 aromatic heterocycles. The average molecular weight is 494 g/mol. The third-order valence-electron chi connectivity index (χ3n) is 5.70. The standard InChI is InChI=1S/C27H25FNO5P/c1-18(2)15-16-27(25(30)31,35(33)34)26(32,17-20-11-13-21(28)14-12-20)24-10-6-9-23(29-24)22-8-5-4-7-19(22)3/h4-14,18,32H,17H2,1-3H3,(H-,30,31,33,34)/p+1. The lowest BCUT2D eigenvalue weighted by molar-refractivity contribution is -0.146. The number of aryl methyl sites for hydroxylation is 1. The number of hydrogen-bond donors (Lipinski definition) is 3. The maximum atomic E-state index is 13.5. The molecule has 8 heteroatoms. The van der Waals surface area contributed by atoms with Gasteiger partial charge in [0.15, 0.2) is 5.60 Å². The zero-order valence-corrected chi connectivity index (χ0v) is 20.5. The second kappa shape index (κ2) is 10.5. The van der Waals surface area contributed by atoms with Crippen LogP contribution in [0.3, 0.4) is 0 Å². The SMILES string of the molecule is Cc1ccccc1-c1cccc(C(O)(Cc2ccc(F)cc2)C(C#CC(C)C)(C(=O)O)[P+](=O)O)n1. The highest BCUT2D eigenvalue weighted by Gasteiger charge is 2.72. The van der Waals surface area contributed by atoms with E-state index in [4.69, 9.17) is 0 Å². The number of carbonyl (C=O) groups is 1. The summed E-state index contributed by atoms with van der Waals surface area (Å²) in [6.45, 7) is 5.27. The van der Waals surface area contributed by atoms with E-state index in [9.17, 15) is 28.9 Å². The number of pyridine rings is 1. The molecule has 0 spiro atoms. The summed E-state index contributed by atoms with van der Waals surface area (Å²) in [6.07, 6.45) is -0.446. The molecule has 0 aliphatic heterocycles. The van der Waals surface area contributed by atoms with Gasteiger partial charge in [-0.3, -0.25) is 0 Å². The Morgan fingerprint density at radius 3 is 2.31 bits per heavy atom. The number of rotatable bonds is 7. The lowest BCUT2D eigenvalue weighted by atomic mass is 9.78. The molecule has 3 rings (SSSR count). The van der Waals surface area contributed by atoms with Crippen LogP contribution < -0.4 is 0 Å². The van der Waals surface area contributed by atoms with Gasteiger partial charge in [-0.05, 0) is 52.8 Å². The third-order valence-corrected chi connectivity index (χ3v) is 6.95. The lowest BCUT2D eigenvalue weighted by Crippen LogP contribution is -2.55. The van der Waals surface area contributed by atoms with Crippen molar-refractivity contribution in [1.82, 2.24) is 4.98 Å².